The first-order chi connectivity index (χ1) is 10.2. The van der Waals surface area contributed by atoms with Crippen molar-refractivity contribution in [3.8, 4) is 0 Å². The molecule has 0 fully saturated rings. The predicted octanol–water partition coefficient (Wildman–Crippen LogP) is 2.49. The molecule has 0 amide bonds. The molecule has 4 heteroatoms. The van der Waals surface area contributed by atoms with E-state index in [0.29, 0.717) is 12.1 Å². The van der Waals surface area contributed by atoms with E-state index in [4.69, 9.17) is 0 Å². The van der Waals surface area contributed by atoms with E-state index in [1.807, 2.05) is 54.2 Å². The summed E-state index contributed by atoms with van der Waals surface area (Å²) in [5.74, 6) is 0. The van der Waals surface area contributed by atoms with Gasteiger partial charge in [-0.25, -0.2) is 0 Å². The lowest BCUT2D eigenvalue weighted by Crippen LogP contribution is -2.24. The van der Waals surface area contributed by atoms with Gasteiger partial charge in [0.05, 0.1) is 18.4 Å². The molecular formula is C17H17N3O. The van der Waals surface area contributed by atoms with Gasteiger partial charge >= 0.3 is 0 Å². The van der Waals surface area contributed by atoms with Crippen LogP contribution in [0.15, 0.2) is 65.6 Å². The summed E-state index contributed by atoms with van der Waals surface area (Å²) in [5.41, 5.74) is 2.09. The van der Waals surface area contributed by atoms with Crippen molar-refractivity contribution in [2.45, 2.75) is 13.2 Å². The fraction of sp³-hybridized carbons (Fsp3) is 0.176. The molecule has 0 N–H and O–H groups in total. The Labute approximate surface area is 123 Å². The lowest BCUT2D eigenvalue weighted by atomic mass is 10.2. The minimum atomic E-state index is -0.0347. The van der Waals surface area contributed by atoms with Gasteiger partial charge in [0.25, 0.3) is 0 Å². The Hall–Kier alpha value is -2.46. The van der Waals surface area contributed by atoms with Crippen LogP contribution < -0.4 is 5.43 Å². The maximum absolute atomic E-state index is 11.8. The molecule has 1 aromatic heterocycles. The highest BCUT2D eigenvalue weighted by Gasteiger charge is 2.06. The standard InChI is InChI=1S/C17H17N3O/c1-19(12-14-7-3-2-4-8-14)13-20-16-10-6-5-9-15(16)17(21)11-18-20/h2-11H,12-13H2,1H3. The first-order valence-electron chi connectivity index (χ1n) is 6.91. The molecule has 0 unspecified atom stereocenters. The van der Waals surface area contributed by atoms with Crippen LogP contribution in [-0.2, 0) is 13.2 Å². The molecule has 0 spiro atoms. The highest BCUT2D eigenvalue weighted by Crippen LogP contribution is 2.09. The zero-order valence-corrected chi connectivity index (χ0v) is 11.9. The highest BCUT2D eigenvalue weighted by molar-refractivity contribution is 5.77. The molecule has 4 nitrogen and oxygen atoms in total. The Morgan fingerprint density at radius 1 is 1.05 bits per heavy atom. The van der Waals surface area contributed by atoms with Crippen LogP contribution in [-0.4, -0.2) is 21.7 Å². The molecule has 0 saturated carbocycles. The van der Waals surface area contributed by atoms with Crippen LogP contribution in [0.5, 0.6) is 0 Å². The first kappa shape index (κ1) is 13.5. The van der Waals surface area contributed by atoms with E-state index in [9.17, 15) is 4.79 Å². The van der Waals surface area contributed by atoms with Crippen LogP contribution >= 0.6 is 0 Å². The molecular weight excluding hydrogens is 262 g/mol. The predicted molar refractivity (Wildman–Crippen MR) is 83.9 cm³/mol. The molecule has 0 bridgehead atoms. The molecule has 0 aliphatic rings. The van der Waals surface area contributed by atoms with Crippen molar-refractivity contribution in [2.75, 3.05) is 7.05 Å². The van der Waals surface area contributed by atoms with E-state index >= 15 is 0 Å². The molecule has 3 aromatic rings. The fourth-order valence-electron chi connectivity index (χ4n) is 2.45. The summed E-state index contributed by atoms with van der Waals surface area (Å²) in [6.45, 7) is 1.47. The molecule has 21 heavy (non-hydrogen) atoms. The summed E-state index contributed by atoms with van der Waals surface area (Å²) in [6.07, 6.45) is 1.39. The number of nitrogens with zero attached hydrogens (tertiary/aromatic N) is 3. The fourth-order valence-corrected chi connectivity index (χ4v) is 2.45. The van der Waals surface area contributed by atoms with Crippen LogP contribution in [0.4, 0.5) is 0 Å². The normalized spacial score (nSPS) is 11.1. The smallest absolute Gasteiger partial charge is 0.207 e. The van der Waals surface area contributed by atoms with Gasteiger partial charge in [-0.3, -0.25) is 14.4 Å². The average molecular weight is 279 g/mol. The summed E-state index contributed by atoms with van der Waals surface area (Å²) < 4.78 is 1.86. The third-order valence-corrected chi connectivity index (χ3v) is 3.43. The Bertz CT molecular complexity index is 796. The maximum Gasteiger partial charge on any atom is 0.207 e. The van der Waals surface area contributed by atoms with Crippen LogP contribution in [0.1, 0.15) is 5.56 Å². The minimum Gasteiger partial charge on any atom is -0.287 e. The van der Waals surface area contributed by atoms with E-state index in [0.717, 1.165) is 12.1 Å². The van der Waals surface area contributed by atoms with Crippen molar-refractivity contribution in [3.63, 3.8) is 0 Å². The topological polar surface area (TPSA) is 38.1 Å². The molecule has 0 aliphatic heterocycles. The second-order valence-corrected chi connectivity index (χ2v) is 5.17. The summed E-state index contributed by atoms with van der Waals surface area (Å²) >= 11 is 0. The zero-order valence-electron chi connectivity index (χ0n) is 11.9. The molecule has 2 aromatic carbocycles. The number of hydrogen-bond donors (Lipinski definition) is 0. The summed E-state index contributed by atoms with van der Waals surface area (Å²) in [4.78, 5) is 14.0. The summed E-state index contributed by atoms with van der Waals surface area (Å²) in [6, 6.07) is 17.9. The largest absolute Gasteiger partial charge is 0.287 e. The number of fused-ring (bicyclic) bond motifs is 1. The molecule has 0 atom stereocenters. The third kappa shape index (κ3) is 3.01. The van der Waals surface area contributed by atoms with Crippen molar-refractivity contribution in [1.29, 1.82) is 0 Å². The second kappa shape index (κ2) is 5.89. The van der Waals surface area contributed by atoms with Crippen molar-refractivity contribution >= 4 is 10.9 Å². The summed E-state index contributed by atoms with van der Waals surface area (Å²) in [7, 11) is 2.04. The van der Waals surface area contributed by atoms with E-state index in [1.165, 1.54) is 11.8 Å². The molecule has 106 valence electrons. The van der Waals surface area contributed by atoms with E-state index < -0.39 is 0 Å². The van der Waals surface area contributed by atoms with Gasteiger partial charge in [0.15, 0.2) is 0 Å². The van der Waals surface area contributed by atoms with Gasteiger partial charge in [-0.15, -0.1) is 0 Å². The lowest BCUT2D eigenvalue weighted by molar-refractivity contribution is 0.249. The van der Waals surface area contributed by atoms with Crippen LogP contribution in [0.3, 0.4) is 0 Å². The number of aromatic nitrogens is 2. The molecule has 3 rings (SSSR count). The average Bonchev–Trinajstić information content (AvgIpc) is 2.51. The summed E-state index contributed by atoms with van der Waals surface area (Å²) in [5, 5.41) is 4.96. The van der Waals surface area contributed by atoms with E-state index in [1.54, 1.807) is 0 Å². The second-order valence-electron chi connectivity index (χ2n) is 5.17. The number of rotatable bonds is 4. The Kier molecular flexibility index (Phi) is 3.79. The van der Waals surface area contributed by atoms with Gasteiger partial charge in [-0.1, -0.05) is 42.5 Å². The van der Waals surface area contributed by atoms with Gasteiger partial charge in [0, 0.05) is 11.9 Å². The molecule has 0 radical (unpaired) electrons. The van der Waals surface area contributed by atoms with Gasteiger partial charge in [-0.05, 0) is 24.7 Å². The minimum absolute atomic E-state index is 0.0347. The van der Waals surface area contributed by atoms with Crippen LogP contribution in [0.2, 0.25) is 0 Å². The first-order valence-corrected chi connectivity index (χ1v) is 6.91. The Morgan fingerprint density at radius 2 is 1.76 bits per heavy atom. The van der Waals surface area contributed by atoms with Crippen molar-refractivity contribution < 1.29 is 0 Å². The quantitative estimate of drug-likeness (QED) is 0.736. The maximum atomic E-state index is 11.8. The van der Waals surface area contributed by atoms with Crippen LogP contribution in [0.25, 0.3) is 10.9 Å². The lowest BCUT2D eigenvalue weighted by Gasteiger charge is -2.19. The van der Waals surface area contributed by atoms with Gasteiger partial charge in [0.2, 0.25) is 5.43 Å². The molecule has 1 heterocycles. The molecule has 0 saturated heterocycles. The number of hydrogen-bond acceptors (Lipinski definition) is 3. The Morgan fingerprint density at radius 3 is 2.57 bits per heavy atom. The van der Waals surface area contributed by atoms with Gasteiger partial charge in [0.1, 0.15) is 0 Å². The zero-order chi connectivity index (χ0) is 14.7. The van der Waals surface area contributed by atoms with Crippen LogP contribution in [0, 0.1) is 0 Å². The van der Waals surface area contributed by atoms with Gasteiger partial charge in [-0.2, -0.15) is 5.10 Å². The SMILES string of the molecule is CN(Cc1ccccc1)Cn1ncc(=O)c2ccccc21. The number of benzene rings is 2. The van der Waals surface area contributed by atoms with Crippen molar-refractivity contribution in [1.82, 2.24) is 14.7 Å². The monoisotopic (exact) mass is 279 g/mol. The highest BCUT2D eigenvalue weighted by atomic mass is 16.1. The van der Waals surface area contributed by atoms with E-state index in [-0.39, 0.29) is 5.43 Å². The molecule has 0 aliphatic carbocycles. The van der Waals surface area contributed by atoms with E-state index in [2.05, 4.69) is 22.1 Å². The third-order valence-electron chi connectivity index (χ3n) is 3.43. The Balaban J connectivity index is 1.85. The van der Waals surface area contributed by atoms with Crippen molar-refractivity contribution in [2.24, 2.45) is 0 Å². The van der Waals surface area contributed by atoms with Gasteiger partial charge < -0.3 is 0 Å². The number of para-hydroxylation sites is 1. The van der Waals surface area contributed by atoms with Crippen molar-refractivity contribution in [3.05, 3.63) is 76.6 Å².